The van der Waals surface area contributed by atoms with Gasteiger partial charge in [0.15, 0.2) is 0 Å². The summed E-state index contributed by atoms with van der Waals surface area (Å²) >= 11 is 6.02. The van der Waals surface area contributed by atoms with Gasteiger partial charge in [-0.25, -0.2) is 0 Å². The van der Waals surface area contributed by atoms with Crippen molar-refractivity contribution in [3.63, 3.8) is 0 Å². The van der Waals surface area contributed by atoms with E-state index in [1.807, 2.05) is 18.2 Å². The number of benzene rings is 1. The Hall–Kier alpha value is -0.990. The zero-order chi connectivity index (χ0) is 14.3. The fraction of sp³-hybridized carbons (Fsp3) is 0.500. The molecule has 0 aliphatic heterocycles. The summed E-state index contributed by atoms with van der Waals surface area (Å²) in [6.07, 6.45) is 3.03. The summed E-state index contributed by atoms with van der Waals surface area (Å²) in [7, 11) is 1.68. The van der Waals surface area contributed by atoms with Crippen LogP contribution < -0.4 is 10.1 Å². The molecular weight excluding hydrogens is 258 g/mol. The Kier molecular flexibility index (Phi) is 6.96. The largest absolute Gasteiger partial charge is 0.496 e. The molecule has 1 aromatic rings. The quantitative estimate of drug-likeness (QED) is 0.695. The first-order valence-electron chi connectivity index (χ1n) is 6.85. The highest BCUT2D eigenvalue weighted by Gasteiger charge is 2.16. The summed E-state index contributed by atoms with van der Waals surface area (Å²) in [4.78, 5) is 0. The smallest absolute Gasteiger partial charge is 0.125 e. The fourth-order valence-corrected chi connectivity index (χ4v) is 2.18. The molecule has 3 heteroatoms. The second kappa shape index (κ2) is 8.23. The molecule has 1 unspecified atom stereocenters. The van der Waals surface area contributed by atoms with Crippen molar-refractivity contribution in [2.75, 3.05) is 13.7 Å². The van der Waals surface area contributed by atoms with Gasteiger partial charge in [-0.3, -0.25) is 0 Å². The van der Waals surface area contributed by atoms with Gasteiger partial charge in [0.1, 0.15) is 5.75 Å². The van der Waals surface area contributed by atoms with E-state index < -0.39 is 0 Å². The molecule has 106 valence electrons. The highest BCUT2D eigenvalue weighted by molar-refractivity contribution is 6.30. The standard InChI is InChI=1S/C16H24ClNO/c1-5-9-18-15(10-12(3)6-2)14-8-7-13(17)11-16(14)19-4/h7-8,11,15,18H,3,5-6,9-10H2,1-2,4H3. The maximum absolute atomic E-state index is 6.02. The van der Waals surface area contributed by atoms with Gasteiger partial charge in [-0.2, -0.15) is 0 Å². The molecule has 1 aromatic carbocycles. The third kappa shape index (κ3) is 4.88. The Bertz CT molecular complexity index is 417. The Morgan fingerprint density at radius 1 is 1.42 bits per heavy atom. The van der Waals surface area contributed by atoms with Crippen molar-refractivity contribution >= 4 is 11.6 Å². The molecule has 0 spiro atoms. The SMILES string of the molecule is C=C(CC)CC(NCCC)c1ccc(Cl)cc1OC. The van der Waals surface area contributed by atoms with Gasteiger partial charge in [0.05, 0.1) is 7.11 Å². The molecule has 1 atom stereocenters. The lowest BCUT2D eigenvalue weighted by molar-refractivity contribution is 0.397. The van der Waals surface area contributed by atoms with Crippen LogP contribution in [0.5, 0.6) is 5.75 Å². The molecule has 1 N–H and O–H groups in total. The van der Waals surface area contributed by atoms with E-state index in [0.717, 1.165) is 37.1 Å². The van der Waals surface area contributed by atoms with Crippen LogP contribution in [0.25, 0.3) is 0 Å². The molecule has 0 bridgehead atoms. The van der Waals surface area contributed by atoms with Gasteiger partial charge in [0.25, 0.3) is 0 Å². The number of rotatable bonds is 8. The monoisotopic (exact) mass is 281 g/mol. The summed E-state index contributed by atoms with van der Waals surface area (Å²) < 4.78 is 5.45. The van der Waals surface area contributed by atoms with E-state index in [9.17, 15) is 0 Å². The van der Waals surface area contributed by atoms with E-state index >= 15 is 0 Å². The van der Waals surface area contributed by atoms with Crippen LogP contribution in [0, 0.1) is 0 Å². The van der Waals surface area contributed by atoms with Crippen molar-refractivity contribution in [1.29, 1.82) is 0 Å². The van der Waals surface area contributed by atoms with Crippen LogP contribution in [-0.4, -0.2) is 13.7 Å². The van der Waals surface area contributed by atoms with E-state index in [0.29, 0.717) is 5.02 Å². The third-order valence-corrected chi connectivity index (χ3v) is 3.44. The minimum Gasteiger partial charge on any atom is -0.496 e. The number of hydrogen-bond donors (Lipinski definition) is 1. The second-order valence-corrected chi connectivity index (χ2v) is 5.14. The van der Waals surface area contributed by atoms with Crippen LogP contribution in [0.1, 0.15) is 44.7 Å². The average Bonchev–Trinajstić information content (AvgIpc) is 2.43. The van der Waals surface area contributed by atoms with Crippen LogP contribution >= 0.6 is 11.6 Å². The lowest BCUT2D eigenvalue weighted by atomic mass is 9.97. The molecule has 0 heterocycles. The minimum atomic E-state index is 0.236. The summed E-state index contributed by atoms with van der Waals surface area (Å²) in [6.45, 7) is 9.39. The van der Waals surface area contributed by atoms with E-state index in [2.05, 4.69) is 25.7 Å². The predicted molar refractivity (Wildman–Crippen MR) is 83.1 cm³/mol. The first-order valence-corrected chi connectivity index (χ1v) is 7.23. The maximum Gasteiger partial charge on any atom is 0.125 e. The van der Waals surface area contributed by atoms with Gasteiger partial charge in [0, 0.05) is 16.6 Å². The third-order valence-electron chi connectivity index (χ3n) is 3.20. The zero-order valence-corrected chi connectivity index (χ0v) is 12.9. The zero-order valence-electron chi connectivity index (χ0n) is 12.1. The number of methoxy groups -OCH3 is 1. The van der Waals surface area contributed by atoms with Crippen molar-refractivity contribution in [3.8, 4) is 5.75 Å². The van der Waals surface area contributed by atoms with Crippen molar-refractivity contribution in [2.24, 2.45) is 0 Å². The molecule has 19 heavy (non-hydrogen) atoms. The summed E-state index contributed by atoms with van der Waals surface area (Å²) in [5, 5.41) is 4.26. The molecule has 1 rings (SSSR count). The Labute approximate surface area is 121 Å². The van der Waals surface area contributed by atoms with Gasteiger partial charge < -0.3 is 10.1 Å². The normalized spacial score (nSPS) is 12.2. The van der Waals surface area contributed by atoms with Crippen molar-refractivity contribution in [1.82, 2.24) is 5.32 Å². The molecule has 0 fully saturated rings. The maximum atomic E-state index is 6.02. The van der Waals surface area contributed by atoms with Gasteiger partial charge in [-0.1, -0.05) is 43.7 Å². The van der Waals surface area contributed by atoms with Crippen molar-refractivity contribution in [2.45, 2.75) is 39.2 Å². The molecular formula is C16H24ClNO. The highest BCUT2D eigenvalue weighted by Crippen LogP contribution is 2.32. The Morgan fingerprint density at radius 2 is 2.16 bits per heavy atom. The van der Waals surface area contributed by atoms with Gasteiger partial charge >= 0.3 is 0 Å². The van der Waals surface area contributed by atoms with Crippen LogP contribution in [0.4, 0.5) is 0 Å². The second-order valence-electron chi connectivity index (χ2n) is 4.70. The first kappa shape index (κ1) is 16.1. The molecule has 0 saturated carbocycles. The van der Waals surface area contributed by atoms with Crippen molar-refractivity contribution < 1.29 is 4.74 Å². The molecule has 2 nitrogen and oxygen atoms in total. The van der Waals surface area contributed by atoms with Gasteiger partial charge in [-0.05, 0) is 37.9 Å². The van der Waals surface area contributed by atoms with Crippen LogP contribution in [0.15, 0.2) is 30.4 Å². The first-order chi connectivity index (χ1) is 9.12. The lowest BCUT2D eigenvalue weighted by Crippen LogP contribution is -2.23. The molecule has 0 saturated heterocycles. The summed E-state index contributed by atoms with van der Waals surface area (Å²) in [6, 6.07) is 6.05. The van der Waals surface area contributed by atoms with Crippen LogP contribution in [0.2, 0.25) is 5.02 Å². The van der Waals surface area contributed by atoms with Crippen LogP contribution in [0.3, 0.4) is 0 Å². The van der Waals surface area contributed by atoms with Crippen LogP contribution in [-0.2, 0) is 0 Å². The predicted octanol–water partition coefficient (Wildman–Crippen LogP) is 4.75. The number of hydrogen-bond acceptors (Lipinski definition) is 2. The fourth-order valence-electron chi connectivity index (χ4n) is 2.02. The molecule has 0 amide bonds. The molecule has 0 radical (unpaired) electrons. The number of ether oxygens (including phenoxy) is 1. The van der Waals surface area contributed by atoms with Gasteiger partial charge in [-0.15, -0.1) is 0 Å². The van der Waals surface area contributed by atoms with E-state index in [4.69, 9.17) is 16.3 Å². The highest BCUT2D eigenvalue weighted by atomic mass is 35.5. The Balaban J connectivity index is 2.98. The minimum absolute atomic E-state index is 0.236. The van der Waals surface area contributed by atoms with E-state index in [1.165, 1.54) is 5.57 Å². The number of nitrogens with one attached hydrogen (secondary N) is 1. The average molecular weight is 282 g/mol. The number of halogens is 1. The van der Waals surface area contributed by atoms with E-state index in [1.54, 1.807) is 7.11 Å². The molecule has 0 aromatic heterocycles. The summed E-state index contributed by atoms with van der Waals surface area (Å²) in [5.41, 5.74) is 2.39. The lowest BCUT2D eigenvalue weighted by Gasteiger charge is -2.22. The molecule has 0 aliphatic carbocycles. The van der Waals surface area contributed by atoms with Gasteiger partial charge in [0.2, 0.25) is 0 Å². The Morgan fingerprint density at radius 3 is 2.74 bits per heavy atom. The molecule has 0 aliphatic rings. The van der Waals surface area contributed by atoms with E-state index in [-0.39, 0.29) is 6.04 Å². The topological polar surface area (TPSA) is 21.3 Å². The summed E-state index contributed by atoms with van der Waals surface area (Å²) in [5.74, 6) is 0.838. The van der Waals surface area contributed by atoms with Crippen molar-refractivity contribution in [3.05, 3.63) is 40.9 Å².